The molecule has 1 unspecified atom stereocenters. The molecule has 2 N–H and O–H groups in total. The monoisotopic (exact) mass is 389 g/mol. The second-order valence-electron chi connectivity index (χ2n) is 5.64. The van der Waals surface area contributed by atoms with Crippen molar-refractivity contribution in [1.29, 1.82) is 0 Å². The third-order valence-electron chi connectivity index (χ3n) is 4.36. The van der Waals surface area contributed by atoms with Gasteiger partial charge in [-0.2, -0.15) is 0 Å². The molecule has 0 fully saturated rings. The summed E-state index contributed by atoms with van der Waals surface area (Å²) >= 11 is 2.31. The first kappa shape index (κ1) is 13.1. The molecule has 0 amide bonds. The van der Waals surface area contributed by atoms with E-state index in [-0.39, 0.29) is 0 Å². The fourth-order valence-corrected chi connectivity index (χ4v) is 3.85. The molecular formula is C17H16IN3. The Morgan fingerprint density at radius 3 is 2.81 bits per heavy atom. The molecule has 1 atom stereocenters. The van der Waals surface area contributed by atoms with Crippen LogP contribution in [0.1, 0.15) is 23.6 Å². The maximum atomic E-state index is 6.20. The Labute approximate surface area is 137 Å². The Morgan fingerprint density at radius 2 is 1.95 bits per heavy atom. The molecule has 0 saturated carbocycles. The number of imidazole rings is 1. The van der Waals surface area contributed by atoms with Gasteiger partial charge in [0.05, 0.1) is 11.0 Å². The number of hydrogen-bond donors (Lipinski definition) is 1. The maximum Gasteiger partial charge on any atom is 0.201 e. The summed E-state index contributed by atoms with van der Waals surface area (Å²) in [5, 5.41) is 0. The molecular weight excluding hydrogens is 373 g/mol. The van der Waals surface area contributed by atoms with Crippen LogP contribution in [0.2, 0.25) is 0 Å². The van der Waals surface area contributed by atoms with E-state index in [0.717, 1.165) is 30.3 Å². The Hall–Kier alpha value is -1.56. The summed E-state index contributed by atoms with van der Waals surface area (Å²) in [4.78, 5) is 4.54. The summed E-state index contributed by atoms with van der Waals surface area (Å²) in [6.45, 7) is 0. The molecule has 1 aromatic heterocycles. The van der Waals surface area contributed by atoms with Crippen molar-refractivity contribution in [1.82, 2.24) is 9.55 Å². The van der Waals surface area contributed by atoms with Crippen LogP contribution < -0.4 is 5.73 Å². The van der Waals surface area contributed by atoms with E-state index in [1.807, 2.05) is 0 Å². The minimum Gasteiger partial charge on any atom is -0.369 e. The van der Waals surface area contributed by atoms with E-state index >= 15 is 0 Å². The quantitative estimate of drug-likeness (QED) is 0.641. The Kier molecular flexibility index (Phi) is 3.14. The van der Waals surface area contributed by atoms with Crippen LogP contribution in [-0.2, 0) is 12.8 Å². The van der Waals surface area contributed by atoms with Crippen LogP contribution in [-0.4, -0.2) is 9.55 Å². The van der Waals surface area contributed by atoms with Crippen molar-refractivity contribution in [2.45, 2.75) is 25.3 Å². The van der Waals surface area contributed by atoms with Crippen molar-refractivity contribution in [3.63, 3.8) is 0 Å². The fourth-order valence-electron chi connectivity index (χ4n) is 3.37. The first-order valence-corrected chi connectivity index (χ1v) is 8.30. The number of aromatic nitrogens is 2. The molecule has 0 spiro atoms. The molecule has 0 radical (unpaired) electrons. The molecule has 0 aliphatic heterocycles. The van der Waals surface area contributed by atoms with Gasteiger partial charge in [0.15, 0.2) is 0 Å². The lowest BCUT2D eigenvalue weighted by atomic mass is 9.88. The van der Waals surface area contributed by atoms with Crippen LogP contribution >= 0.6 is 22.6 Å². The largest absolute Gasteiger partial charge is 0.369 e. The van der Waals surface area contributed by atoms with E-state index in [0.29, 0.717) is 12.0 Å². The lowest BCUT2D eigenvalue weighted by Crippen LogP contribution is -2.20. The lowest BCUT2D eigenvalue weighted by Gasteiger charge is -2.27. The number of hydrogen-bond acceptors (Lipinski definition) is 2. The number of rotatable bonds is 1. The van der Waals surface area contributed by atoms with E-state index in [1.54, 1.807) is 0 Å². The smallest absolute Gasteiger partial charge is 0.201 e. The first-order valence-electron chi connectivity index (χ1n) is 7.22. The van der Waals surface area contributed by atoms with Gasteiger partial charge < -0.3 is 10.3 Å². The molecule has 106 valence electrons. The van der Waals surface area contributed by atoms with Crippen molar-refractivity contribution < 1.29 is 0 Å². The van der Waals surface area contributed by atoms with Gasteiger partial charge in [-0.25, -0.2) is 4.98 Å². The Bertz CT molecular complexity index is 822. The van der Waals surface area contributed by atoms with Gasteiger partial charge in [-0.3, -0.25) is 0 Å². The number of nitrogens with two attached hydrogens (primary N) is 1. The SMILES string of the molecule is Nc1nc2cc(I)ccc2n1C1CCc2ccccc2C1. The zero-order valence-corrected chi connectivity index (χ0v) is 13.7. The highest BCUT2D eigenvalue weighted by Crippen LogP contribution is 2.33. The average Bonchev–Trinajstić information content (AvgIpc) is 2.81. The van der Waals surface area contributed by atoms with Crippen LogP contribution in [0, 0.1) is 3.57 Å². The van der Waals surface area contributed by atoms with Gasteiger partial charge in [-0.15, -0.1) is 0 Å². The molecule has 0 saturated heterocycles. The van der Waals surface area contributed by atoms with Crippen molar-refractivity contribution in [2.75, 3.05) is 5.73 Å². The summed E-state index contributed by atoms with van der Waals surface area (Å²) in [5.74, 6) is 0.636. The van der Waals surface area contributed by atoms with Crippen molar-refractivity contribution in [2.24, 2.45) is 0 Å². The Morgan fingerprint density at radius 1 is 1.14 bits per heavy atom. The van der Waals surface area contributed by atoms with Gasteiger partial charge in [0.25, 0.3) is 0 Å². The van der Waals surface area contributed by atoms with Gasteiger partial charge in [0.1, 0.15) is 0 Å². The molecule has 3 aromatic rings. The zero-order chi connectivity index (χ0) is 14.4. The Balaban J connectivity index is 1.79. The summed E-state index contributed by atoms with van der Waals surface area (Å²) in [7, 11) is 0. The van der Waals surface area contributed by atoms with Crippen molar-refractivity contribution in [3.05, 3.63) is 57.2 Å². The van der Waals surface area contributed by atoms with Crippen LogP contribution in [0.15, 0.2) is 42.5 Å². The van der Waals surface area contributed by atoms with E-state index in [4.69, 9.17) is 5.73 Å². The molecule has 1 aliphatic carbocycles. The minimum absolute atomic E-state index is 0.407. The number of nitrogen functional groups attached to an aromatic ring is 1. The number of nitrogens with zero attached hydrogens (tertiary/aromatic N) is 2. The summed E-state index contributed by atoms with van der Waals surface area (Å²) in [6, 6.07) is 15.5. The van der Waals surface area contributed by atoms with Gasteiger partial charge >= 0.3 is 0 Å². The van der Waals surface area contributed by atoms with E-state index in [9.17, 15) is 0 Å². The molecule has 4 heteroatoms. The van der Waals surface area contributed by atoms with Crippen LogP contribution in [0.3, 0.4) is 0 Å². The molecule has 2 aromatic carbocycles. The topological polar surface area (TPSA) is 43.8 Å². The normalized spacial score (nSPS) is 17.9. The second-order valence-corrected chi connectivity index (χ2v) is 6.88. The summed E-state index contributed by atoms with van der Waals surface area (Å²) < 4.78 is 3.42. The van der Waals surface area contributed by atoms with E-state index in [2.05, 4.69) is 74.6 Å². The lowest BCUT2D eigenvalue weighted by molar-refractivity contribution is 0.457. The highest BCUT2D eigenvalue weighted by Gasteiger charge is 2.23. The molecule has 3 nitrogen and oxygen atoms in total. The second kappa shape index (κ2) is 5.02. The number of anilines is 1. The maximum absolute atomic E-state index is 6.20. The third-order valence-corrected chi connectivity index (χ3v) is 5.04. The fraction of sp³-hybridized carbons (Fsp3) is 0.235. The highest BCUT2D eigenvalue weighted by molar-refractivity contribution is 14.1. The standard InChI is InChI=1S/C17H16IN3/c18-13-6-8-16-15(10-13)20-17(19)21(16)14-7-5-11-3-1-2-4-12(11)9-14/h1-4,6,8,10,14H,5,7,9H2,(H2,19,20). The third kappa shape index (κ3) is 2.21. The number of halogens is 1. The molecule has 1 aliphatic rings. The summed E-state index contributed by atoms with van der Waals surface area (Å²) in [6.07, 6.45) is 3.28. The van der Waals surface area contributed by atoms with Crippen molar-refractivity contribution >= 4 is 39.6 Å². The average molecular weight is 389 g/mol. The van der Waals surface area contributed by atoms with E-state index in [1.165, 1.54) is 14.7 Å². The van der Waals surface area contributed by atoms with Crippen LogP contribution in [0.4, 0.5) is 5.95 Å². The van der Waals surface area contributed by atoms with Crippen LogP contribution in [0.25, 0.3) is 11.0 Å². The van der Waals surface area contributed by atoms with E-state index < -0.39 is 0 Å². The minimum atomic E-state index is 0.407. The molecule has 0 bridgehead atoms. The predicted molar refractivity (Wildman–Crippen MR) is 94.4 cm³/mol. The molecule has 4 rings (SSSR count). The van der Waals surface area contributed by atoms with Gasteiger partial charge in [0, 0.05) is 9.61 Å². The van der Waals surface area contributed by atoms with Gasteiger partial charge in [-0.05, 0) is 71.2 Å². The first-order chi connectivity index (χ1) is 10.2. The molecule has 21 heavy (non-hydrogen) atoms. The highest BCUT2D eigenvalue weighted by atomic mass is 127. The number of aryl methyl sites for hydroxylation is 1. The summed E-state index contributed by atoms with van der Waals surface area (Å²) in [5.41, 5.74) is 11.3. The predicted octanol–water partition coefficient (Wildman–Crippen LogP) is 3.95. The zero-order valence-electron chi connectivity index (χ0n) is 11.6. The number of fused-ring (bicyclic) bond motifs is 2. The van der Waals surface area contributed by atoms with Gasteiger partial charge in [0.2, 0.25) is 5.95 Å². The van der Waals surface area contributed by atoms with Gasteiger partial charge in [-0.1, -0.05) is 24.3 Å². The number of benzene rings is 2. The van der Waals surface area contributed by atoms with Crippen LogP contribution in [0.5, 0.6) is 0 Å². The molecule has 1 heterocycles. The van der Waals surface area contributed by atoms with Crippen molar-refractivity contribution in [3.8, 4) is 0 Å².